The van der Waals surface area contributed by atoms with E-state index in [0.717, 1.165) is 18.6 Å². The highest BCUT2D eigenvalue weighted by atomic mass is 16.5. The summed E-state index contributed by atoms with van der Waals surface area (Å²) in [6, 6.07) is 1.74. The van der Waals surface area contributed by atoms with Crippen LogP contribution in [0.1, 0.15) is 29.6 Å². The topological polar surface area (TPSA) is 55.6 Å². The van der Waals surface area contributed by atoms with Crippen LogP contribution in [0, 0.1) is 0 Å². The number of hydrogen-bond acceptors (Lipinski definition) is 4. The lowest BCUT2D eigenvalue weighted by Crippen LogP contribution is -2.40. The molecule has 0 radical (unpaired) electrons. The molecule has 5 nitrogen and oxygen atoms in total. The minimum absolute atomic E-state index is 0.0607. The third-order valence-electron chi connectivity index (χ3n) is 2.57. The normalized spacial score (nSPS) is 16.4. The monoisotopic (exact) mass is 224 g/mol. The summed E-state index contributed by atoms with van der Waals surface area (Å²) in [5, 5.41) is 3.80. The van der Waals surface area contributed by atoms with Crippen LogP contribution in [-0.2, 0) is 11.2 Å². The molecule has 0 aliphatic carbocycles. The second-order valence-corrected chi connectivity index (χ2v) is 3.83. The third kappa shape index (κ3) is 2.41. The summed E-state index contributed by atoms with van der Waals surface area (Å²) >= 11 is 0. The highest BCUT2D eigenvalue weighted by molar-refractivity contribution is 5.92. The van der Waals surface area contributed by atoms with E-state index in [0.29, 0.717) is 32.0 Å². The van der Waals surface area contributed by atoms with Gasteiger partial charge in [-0.05, 0) is 6.42 Å². The van der Waals surface area contributed by atoms with Gasteiger partial charge < -0.3 is 14.2 Å². The number of nitrogens with zero attached hydrogens (tertiary/aromatic N) is 2. The molecule has 1 fully saturated rings. The van der Waals surface area contributed by atoms with Crippen LogP contribution in [0.2, 0.25) is 0 Å². The van der Waals surface area contributed by atoms with Crippen molar-refractivity contribution in [2.24, 2.45) is 0 Å². The highest BCUT2D eigenvalue weighted by Crippen LogP contribution is 2.10. The van der Waals surface area contributed by atoms with Crippen molar-refractivity contribution < 1.29 is 14.1 Å². The molecule has 0 bridgehead atoms. The average Bonchev–Trinajstić information content (AvgIpc) is 2.78. The zero-order valence-electron chi connectivity index (χ0n) is 9.44. The Balaban J connectivity index is 2.01. The fraction of sp³-hybridized carbons (Fsp3) is 0.636. The van der Waals surface area contributed by atoms with E-state index >= 15 is 0 Å². The van der Waals surface area contributed by atoms with Gasteiger partial charge in [0.25, 0.3) is 5.91 Å². The molecule has 0 spiro atoms. The van der Waals surface area contributed by atoms with E-state index in [-0.39, 0.29) is 5.91 Å². The van der Waals surface area contributed by atoms with Crippen LogP contribution in [0.15, 0.2) is 10.6 Å². The Bertz CT molecular complexity index is 356. The van der Waals surface area contributed by atoms with Gasteiger partial charge in [0.2, 0.25) is 0 Å². The molecular weight excluding hydrogens is 208 g/mol. The van der Waals surface area contributed by atoms with Crippen molar-refractivity contribution in [2.75, 3.05) is 26.3 Å². The van der Waals surface area contributed by atoms with Crippen molar-refractivity contribution >= 4 is 5.91 Å². The fourth-order valence-corrected chi connectivity index (χ4v) is 1.71. The maximum Gasteiger partial charge on any atom is 0.276 e. The Kier molecular flexibility index (Phi) is 3.56. The Labute approximate surface area is 94.3 Å². The quantitative estimate of drug-likeness (QED) is 0.771. The summed E-state index contributed by atoms with van der Waals surface area (Å²) < 4.78 is 10.3. The molecule has 16 heavy (non-hydrogen) atoms. The van der Waals surface area contributed by atoms with E-state index in [1.54, 1.807) is 11.0 Å². The number of aromatic nitrogens is 1. The Morgan fingerprint density at radius 1 is 1.50 bits per heavy atom. The fourth-order valence-electron chi connectivity index (χ4n) is 1.71. The molecule has 0 saturated carbocycles. The van der Waals surface area contributed by atoms with Gasteiger partial charge in [-0.15, -0.1) is 0 Å². The number of morpholine rings is 1. The van der Waals surface area contributed by atoms with Crippen molar-refractivity contribution in [3.05, 3.63) is 17.5 Å². The van der Waals surface area contributed by atoms with E-state index in [9.17, 15) is 4.79 Å². The van der Waals surface area contributed by atoms with Crippen LogP contribution >= 0.6 is 0 Å². The van der Waals surface area contributed by atoms with Crippen LogP contribution in [0.25, 0.3) is 0 Å². The van der Waals surface area contributed by atoms with Crippen molar-refractivity contribution in [2.45, 2.75) is 19.8 Å². The summed E-state index contributed by atoms with van der Waals surface area (Å²) in [4.78, 5) is 13.7. The summed E-state index contributed by atoms with van der Waals surface area (Å²) in [6.07, 6.45) is 1.81. The molecule has 0 unspecified atom stereocenters. The summed E-state index contributed by atoms with van der Waals surface area (Å²) in [6.45, 7) is 4.53. The van der Waals surface area contributed by atoms with E-state index in [1.807, 2.05) is 0 Å². The highest BCUT2D eigenvalue weighted by Gasteiger charge is 2.21. The van der Waals surface area contributed by atoms with Gasteiger partial charge in [-0.3, -0.25) is 4.79 Å². The van der Waals surface area contributed by atoms with Crippen LogP contribution in [-0.4, -0.2) is 42.3 Å². The lowest BCUT2D eigenvalue weighted by Gasteiger charge is -2.25. The molecule has 1 amide bonds. The van der Waals surface area contributed by atoms with Crippen LogP contribution in [0.4, 0.5) is 0 Å². The van der Waals surface area contributed by atoms with E-state index in [1.165, 1.54) is 0 Å². The lowest BCUT2D eigenvalue weighted by molar-refractivity contribution is 0.0296. The maximum absolute atomic E-state index is 12.0. The van der Waals surface area contributed by atoms with Gasteiger partial charge in [0.1, 0.15) is 5.76 Å². The minimum atomic E-state index is -0.0607. The first-order valence-electron chi connectivity index (χ1n) is 5.64. The smallest absolute Gasteiger partial charge is 0.276 e. The van der Waals surface area contributed by atoms with Gasteiger partial charge in [-0.1, -0.05) is 12.1 Å². The standard InChI is InChI=1S/C11H16N2O3/c1-2-3-9-8-10(12-16-9)11(14)13-4-6-15-7-5-13/h8H,2-7H2,1H3. The largest absolute Gasteiger partial charge is 0.378 e. The number of rotatable bonds is 3. The number of amides is 1. The zero-order valence-corrected chi connectivity index (χ0v) is 9.44. The number of hydrogen-bond donors (Lipinski definition) is 0. The molecule has 5 heteroatoms. The molecule has 0 atom stereocenters. The van der Waals surface area contributed by atoms with Crippen molar-refractivity contribution in [3.63, 3.8) is 0 Å². The molecule has 1 aromatic rings. The van der Waals surface area contributed by atoms with Crippen LogP contribution in [0.5, 0.6) is 0 Å². The third-order valence-corrected chi connectivity index (χ3v) is 2.57. The summed E-state index contributed by atoms with van der Waals surface area (Å²) in [5.41, 5.74) is 0.408. The summed E-state index contributed by atoms with van der Waals surface area (Å²) in [5.74, 6) is 0.716. The molecule has 0 N–H and O–H groups in total. The molecule has 88 valence electrons. The van der Waals surface area contributed by atoms with Crippen LogP contribution < -0.4 is 0 Å². The van der Waals surface area contributed by atoms with Crippen molar-refractivity contribution in [3.8, 4) is 0 Å². The maximum atomic E-state index is 12.0. The second kappa shape index (κ2) is 5.12. The zero-order chi connectivity index (χ0) is 11.4. The first-order valence-corrected chi connectivity index (χ1v) is 5.64. The first-order chi connectivity index (χ1) is 7.81. The second-order valence-electron chi connectivity index (χ2n) is 3.83. The van der Waals surface area contributed by atoms with Gasteiger partial charge >= 0.3 is 0 Å². The number of aryl methyl sites for hydroxylation is 1. The lowest BCUT2D eigenvalue weighted by atomic mass is 10.2. The van der Waals surface area contributed by atoms with Gasteiger partial charge in [0.15, 0.2) is 5.69 Å². The Morgan fingerprint density at radius 3 is 2.94 bits per heavy atom. The first kappa shape index (κ1) is 11.1. The SMILES string of the molecule is CCCc1cc(C(=O)N2CCOCC2)no1. The predicted octanol–water partition coefficient (Wildman–Crippen LogP) is 1.10. The molecule has 1 aliphatic heterocycles. The van der Waals surface area contributed by atoms with Gasteiger partial charge in [-0.25, -0.2) is 0 Å². The van der Waals surface area contributed by atoms with Crippen molar-refractivity contribution in [1.29, 1.82) is 0 Å². The summed E-state index contributed by atoms with van der Waals surface area (Å²) in [7, 11) is 0. The van der Waals surface area contributed by atoms with E-state index in [2.05, 4.69) is 12.1 Å². The number of carbonyl (C=O) groups excluding carboxylic acids is 1. The van der Waals surface area contributed by atoms with Crippen LogP contribution in [0.3, 0.4) is 0 Å². The van der Waals surface area contributed by atoms with Gasteiger partial charge in [0.05, 0.1) is 13.2 Å². The van der Waals surface area contributed by atoms with Crippen molar-refractivity contribution in [1.82, 2.24) is 10.1 Å². The average molecular weight is 224 g/mol. The number of carbonyl (C=O) groups is 1. The molecule has 1 aliphatic rings. The molecule has 2 rings (SSSR count). The predicted molar refractivity (Wildman–Crippen MR) is 57.2 cm³/mol. The van der Waals surface area contributed by atoms with Gasteiger partial charge in [0, 0.05) is 25.6 Å². The molecule has 1 saturated heterocycles. The molecule has 1 aromatic heterocycles. The number of ether oxygens (including phenoxy) is 1. The molecular formula is C11H16N2O3. The molecule has 2 heterocycles. The van der Waals surface area contributed by atoms with E-state index in [4.69, 9.17) is 9.26 Å². The Hall–Kier alpha value is -1.36. The minimum Gasteiger partial charge on any atom is -0.378 e. The molecule has 0 aromatic carbocycles. The Morgan fingerprint density at radius 2 is 2.25 bits per heavy atom. The van der Waals surface area contributed by atoms with E-state index < -0.39 is 0 Å². The van der Waals surface area contributed by atoms with Gasteiger partial charge in [-0.2, -0.15) is 0 Å².